The zero-order valence-electron chi connectivity index (χ0n) is 7.46. The summed E-state index contributed by atoms with van der Waals surface area (Å²) in [5.74, 6) is -0.386. The number of rotatable bonds is 0. The van der Waals surface area contributed by atoms with E-state index in [0.717, 1.165) is 6.20 Å². The molecule has 0 saturated carbocycles. The molecule has 0 aliphatic carbocycles. The Morgan fingerprint density at radius 3 is 3.00 bits per heavy atom. The minimum absolute atomic E-state index is 0.386. The topological polar surface area (TPSA) is 41.6 Å². The summed E-state index contributed by atoms with van der Waals surface area (Å²) in [5, 5.41) is 1.91. The third-order valence-electron chi connectivity index (χ3n) is 2.26. The Morgan fingerprint density at radius 1 is 1.27 bits per heavy atom. The number of nitrogens with one attached hydrogen (secondary N) is 1. The molecule has 0 atom stereocenters. The van der Waals surface area contributed by atoms with E-state index < -0.39 is 0 Å². The first-order valence-electron chi connectivity index (χ1n) is 4.33. The standard InChI is InChI=1S/C10H5ClFN3/c11-7-1-2-13-10-8(7)6-3-5(12)4-14-9(6)15-10/h1-4H,(H,13,14,15). The number of H-pyrrole nitrogens is 1. The molecule has 0 unspecified atom stereocenters. The number of hydrogen-bond donors (Lipinski definition) is 1. The van der Waals surface area contributed by atoms with Crippen LogP contribution in [0.2, 0.25) is 5.02 Å². The van der Waals surface area contributed by atoms with E-state index in [2.05, 4.69) is 15.0 Å². The van der Waals surface area contributed by atoms with Gasteiger partial charge in [0.05, 0.1) is 11.2 Å². The summed E-state index contributed by atoms with van der Waals surface area (Å²) in [6, 6.07) is 3.07. The molecule has 0 bridgehead atoms. The molecule has 3 aromatic rings. The van der Waals surface area contributed by atoms with Gasteiger partial charge in [-0.25, -0.2) is 14.4 Å². The monoisotopic (exact) mass is 221 g/mol. The molecule has 0 saturated heterocycles. The van der Waals surface area contributed by atoms with Crippen LogP contribution in [0.25, 0.3) is 22.1 Å². The van der Waals surface area contributed by atoms with Crippen molar-refractivity contribution in [3.8, 4) is 0 Å². The van der Waals surface area contributed by atoms with Crippen molar-refractivity contribution < 1.29 is 4.39 Å². The van der Waals surface area contributed by atoms with Crippen LogP contribution >= 0.6 is 11.6 Å². The van der Waals surface area contributed by atoms with Gasteiger partial charge in [0.25, 0.3) is 0 Å². The lowest BCUT2D eigenvalue weighted by Gasteiger charge is -1.92. The molecule has 0 amide bonds. The largest absolute Gasteiger partial charge is 0.324 e. The highest BCUT2D eigenvalue weighted by Crippen LogP contribution is 2.29. The van der Waals surface area contributed by atoms with E-state index in [-0.39, 0.29) is 5.82 Å². The summed E-state index contributed by atoms with van der Waals surface area (Å²) in [7, 11) is 0. The molecule has 15 heavy (non-hydrogen) atoms. The number of aromatic nitrogens is 3. The molecule has 1 N–H and O–H groups in total. The molecule has 3 heterocycles. The first-order valence-corrected chi connectivity index (χ1v) is 4.71. The van der Waals surface area contributed by atoms with Crippen LogP contribution in [0.15, 0.2) is 24.5 Å². The lowest BCUT2D eigenvalue weighted by molar-refractivity contribution is 0.624. The maximum Gasteiger partial charge on any atom is 0.142 e. The molecule has 0 aliphatic heterocycles. The van der Waals surface area contributed by atoms with Gasteiger partial charge in [0.2, 0.25) is 0 Å². The van der Waals surface area contributed by atoms with Gasteiger partial charge in [-0.15, -0.1) is 0 Å². The molecule has 0 radical (unpaired) electrons. The number of fused-ring (bicyclic) bond motifs is 3. The SMILES string of the molecule is Fc1cnc2[nH]c3nccc(Cl)c3c2c1. The molecule has 3 rings (SSSR count). The fourth-order valence-electron chi connectivity index (χ4n) is 1.63. The number of nitrogens with zero attached hydrogens (tertiary/aromatic N) is 2. The van der Waals surface area contributed by atoms with Crippen molar-refractivity contribution >= 4 is 33.7 Å². The molecule has 5 heteroatoms. The summed E-state index contributed by atoms with van der Waals surface area (Å²) < 4.78 is 13.0. The molecular weight excluding hydrogens is 217 g/mol. The molecular formula is C10H5ClFN3. The fraction of sp³-hybridized carbons (Fsp3) is 0. The minimum Gasteiger partial charge on any atom is -0.324 e. The van der Waals surface area contributed by atoms with Crippen molar-refractivity contribution in [1.29, 1.82) is 0 Å². The van der Waals surface area contributed by atoms with Gasteiger partial charge in [0.15, 0.2) is 0 Å². The molecule has 0 fully saturated rings. The predicted molar refractivity (Wildman–Crippen MR) is 56.4 cm³/mol. The van der Waals surface area contributed by atoms with Gasteiger partial charge in [-0.05, 0) is 12.1 Å². The van der Waals surface area contributed by atoms with Gasteiger partial charge < -0.3 is 4.98 Å². The van der Waals surface area contributed by atoms with Gasteiger partial charge in [-0.1, -0.05) is 11.6 Å². The average Bonchev–Trinajstić information content (AvgIpc) is 2.57. The van der Waals surface area contributed by atoms with Crippen LogP contribution in [0.1, 0.15) is 0 Å². The van der Waals surface area contributed by atoms with E-state index >= 15 is 0 Å². The van der Waals surface area contributed by atoms with Gasteiger partial charge in [-0.2, -0.15) is 0 Å². The third-order valence-corrected chi connectivity index (χ3v) is 2.58. The van der Waals surface area contributed by atoms with Crippen LogP contribution in [-0.2, 0) is 0 Å². The fourth-order valence-corrected chi connectivity index (χ4v) is 1.88. The van der Waals surface area contributed by atoms with Crippen LogP contribution in [0.5, 0.6) is 0 Å². The number of hydrogen-bond acceptors (Lipinski definition) is 2. The molecule has 74 valence electrons. The second kappa shape index (κ2) is 2.90. The Bertz CT molecular complexity index is 662. The maximum absolute atomic E-state index is 13.0. The van der Waals surface area contributed by atoms with Crippen molar-refractivity contribution in [3.05, 3.63) is 35.4 Å². The highest BCUT2D eigenvalue weighted by molar-refractivity contribution is 6.37. The first kappa shape index (κ1) is 8.61. The zero-order valence-corrected chi connectivity index (χ0v) is 8.22. The van der Waals surface area contributed by atoms with Crippen LogP contribution in [0.3, 0.4) is 0 Å². The second-order valence-electron chi connectivity index (χ2n) is 3.19. The zero-order chi connectivity index (χ0) is 10.4. The van der Waals surface area contributed by atoms with Gasteiger partial charge in [0.1, 0.15) is 17.1 Å². The van der Waals surface area contributed by atoms with Crippen molar-refractivity contribution in [2.75, 3.05) is 0 Å². The van der Waals surface area contributed by atoms with Crippen LogP contribution < -0.4 is 0 Å². The van der Waals surface area contributed by atoms with Crippen LogP contribution in [0, 0.1) is 5.82 Å². The van der Waals surface area contributed by atoms with Gasteiger partial charge >= 0.3 is 0 Å². The summed E-state index contributed by atoms with van der Waals surface area (Å²) in [6.07, 6.45) is 2.75. The van der Waals surface area contributed by atoms with E-state index in [9.17, 15) is 4.39 Å². The smallest absolute Gasteiger partial charge is 0.142 e. The van der Waals surface area contributed by atoms with E-state index in [1.165, 1.54) is 6.07 Å². The Morgan fingerprint density at radius 2 is 2.13 bits per heavy atom. The lowest BCUT2D eigenvalue weighted by Crippen LogP contribution is -1.78. The van der Waals surface area contributed by atoms with E-state index in [4.69, 9.17) is 11.6 Å². The molecule has 3 nitrogen and oxygen atoms in total. The summed E-state index contributed by atoms with van der Waals surface area (Å²) >= 11 is 6.02. The van der Waals surface area contributed by atoms with Crippen molar-refractivity contribution in [2.45, 2.75) is 0 Å². The number of pyridine rings is 2. The van der Waals surface area contributed by atoms with Gasteiger partial charge in [-0.3, -0.25) is 0 Å². The van der Waals surface area contributed by atoms with Crippen LogP contribution in [-0.4, -0.2) is 15.0 Å². The Balaban J connectivity index is 2.61. The normalized spacial score (nSPS) is 11.3. The average molecular weight is 222 g/mol. The second-order valence-corrected chi connectivity index (χ2v) is 3.60. The number of halogens is 2. The minimum atomic E-state index is -0.386. The molecule has 3 aromatic heterocycles. The molecule has 0 aliphatic rings. The molecule has 0 spiro atoms. The van der Waals surface area contributed by atoms with Crippen LogP contribution in [0.4, 0.5) is 4.39 Å². The Hall–Kier alpha value is -1.68. The quantitative estimate of drug-likeness (QED) is 0.634. The van der Waals surface area contributed by atoms with E-state index in [1.54, 1.807) is 12.3 Å². The van der Waals surface area contributed by atoms with E-state index in [1.807, 2.05) is 0 Å². The summed E-state index contributed by atoms with van der Waals surface area (Å²) in [6.45, 7) is 0. The van der Waals surface area contributed by atoms with E-state index in [0.29, 0.717) is 27.1 Å². The van der Waals surface area contributed by atoms with Gasteiger partial charge in [0, 0.05) is 17.0 Å². The summed E-state index contributed by atoms with van der Waals surface area (Å²) in [5.41, 5.74) is 1.21. The predicted octanol–water partition coefficient (Wildman–Crippen LogP) is 2.90. The van der Waals surface area contributed by atoms with Crippen molar-refractivity contribution in [3.63, 3.8) is 0 Å². The summed E-state index contributed by atoms with van der Waals surface area (Å²) in [4.78, 5) is 11.0. The highest BCUT2D eigenvalue weighted by Gasteiger charge is 2.09. The lowest BCUT2D eigenvalue weighted by atomic mass is 10.2. The Labute approximate surface area is 88.9 Å². The number of aromatic amines is 1. The van der Waals surface area contributed by atoms with Crippen molar-refractivity contribution in [1.82, 2.24) is 15.0 Å². The highest BCUT2D eigenvalue weighted by atomic mass is 35.5. The Kier molecular flexibility index (Phi) is 1.67. The molecule has 0 aromatic carbocycles. The third kappa shape index (κ3) is 1.18. The van der Waals surface area contributed by atoms with Crippen molar-refractivity contribution in [2.24, 2.45) is 0 Å². The first-order chi connectivity index (χ1) is 7.25. The maximum atomic E-state index is 13.0.